The van der Waals surface area contributed by atoms with Gasteiger partial charge in [0.15, 0.2) is 11.5 Å². The van der Waals surface area contributed by atoms with Crippen LogP contribution in [-0.4, -0.2) is 53.3 Å². The number of thiazole rings is 1. The van der Waals surface area contributed by atoms with Crippen molar-refractivity contribution in [2.45, 2.75) is 6.92 Å². The van der Waals surface area contributed by atoms with Gasteiger partial charge in [-0.2, -0.15) is 0 Å². The average molecular weight is 305 g/mol. The van der Waals surface area contributed by atoms with Crippen LogP contribution in [0.5, 0.6) is 0 Å². The summed E-state index contributed by atoms with van der Waals surface area (Å²) in [6.45, 7) is 4.12. The minimum atomic E-state index is -0.140. The summed E-state index contributed by atoms with van der Waals surface area (Å²) < 4.78 is 5.62. The van der Waals surface area contributed by atoms with E-state index in [0.717, 1.165) is 17.1 Å². The summed E-state index contributed by atoms with van der Waals surface area (Å²) >= 11 is 1.54. The molecule has 0 spiro atoms. The molecule has 0 unspecified atom stereocenters. The number of carbonyl (C=O) groups excluding carboxylic acids is 2. The van der Waals surface area contributed by atoms with Gasteiger partial charge in [-0.25, -0.2) is 4.98 Å². The Hall–Kier alpha value is -2.15. The first-order valence-corrected chi connectivity index (χ1v) is 7.56. The van der Waals surface area contributed by atoms with Gasteiger partial charge in [-0.15, -0.1) is 11.3 Å². The summed E-state index contributed by atoms with van der Waals surface area (Å²) in [5.74, 6) is 0.781. The maximum Gasteiger partial charge on any atom is 0.289 e. The third-order valence-corrected chi connectivity index (χ3v) is 4.21. The predicted octanol–water partition coefficient (Wildman–Crippen LogP) is 1.63. The number of carbonyl (C=O) groups is 2. The Bertz CT molecular complexity index is 656. The Balaban J connectivity index is 1.71. The number of hydrogen-bond acceptors (Lipinski definition) is 5. The van der Waals surface area contributed by atoms with Crippen molar-refractivity contribution in [3.63, 3.8) is 0 Å². The molecule has 0 N–H and O–H groups in total. The highest BCUT2D eigenvalue weighted by atomic mass is 32.1. The van der Waals surface area contributed by atoms with Crippen LogP contribution in [0.15, 0.2) is 21.9 Å². The van der Waals surface area contributed by atoms with Crippen LogP contribution in [0.2, 0.25) is 0 Å². The number of nitrogens with zero attached hydrogens (tertiary/aromatic N) is 3. The topological polar surface area (TPSA) is 66.7 Å². The number of piperazine rings is 1. The third kappa shape index (κ3) is 2.82. The molecule has 2 aromatic heterocycles. The molecule has 3 heterocycles. The summed E-state index contributed by atoms with van der Waals surface area (Å²) in [5.41, 5.74) is 0.752. The van der Waals surface area contributed by atoms with Crippen molar-refractivity contribution in [1.29, 1.82) is 0 Å². The lowest BCUT2D eigenvalue weighted by Crippen LogP contribution is -2.48. The molecule has 0 aromatic carbocycles. The zero-order valence-corrected chi connectivity index (χ0v) is 12.4. The number of aromatic nitrogens is 1. The second-order valence-electron chi connectivity index (χ2n) is 4.85. The zero-order valence-electron chi connectivity index (χ0n) is 11.6. The van der Waals surface area contributed by atoms with Gasteiger partial charge in [0.1, 0.15) is 5.69 Å². The number of hydrogen-bond donors (Lipinski definition) is 0. The lowest BCUT2D eigenvalue weighted by atomic mass is 10.3. The standard InChI is InChI=1S/C14H15N3O3S/c1-10-15-11(8-21-10)12-2-3-13(20-12)14(19)17-6-4-16(9-18)5-7-17/h2-3,8-9H,4-7H2,1H3. The van der Waals surface area contributed by atoms with E-state index in [1.165, 1.54) is 0 Å². The minimum Gasteiger partial charge on any atom is -0.449 e. The summed E-state index contributed by atoms with van der Waals surface area (Å²) in [4.78, 5) is 30.7. The molecule has 6 nitrogen and oxygen atoms in total. The molecule has 1 saturated heterocycles. The van der Waals surface area contributed by atoms with Crippen molar-refractivity contribution in [1.82, 2.24) is 14.8 Å². The van der Waals surface area contributed by atoms with E-state index in [4.69, 9.17) is 4.42 Å². The van der Waals surface area contributed by atoms with Crippen LogP contribution in [0.25, 0.3) is 11.5 Å². The van der Waals surface area contributed by atoms with Gasteiger partial charge in [0, 0.05) is 31.6 Å². The molecule has 1 aliphatic rings. The van der Waals surface area contributed by atoms with E-state index in [0.29, 0.717) is 37.7 Å². The molecular weight excluding hydrogens is 290 g/mol. The first-order valence-electron chi connectivity index (χ1n) is 6.68. The van der Waals surface area contributed by atoms with Gasteiger partial charge in [-0.1, -0.05) is 0 Å². The first-order chi connectivity index (χ1) is 10.2. The lowest BCUT2D eigenvalue weighted by molar-refractivity contribution is -0.119. The average Bonchev–Trinajstić information content (AvgIpc) is 3.15. The summed E-state index contributed by atoms with van der Waals surface area (Å²) in [6, 6.07) is 3.45. The highest BCUT2D eigenvalue weighted by Gasteiger charge is 2.24. The van der Waals surface area contributed by atoms with Crippen LogP contribution in [0, 0.1) is 6.92 Å². The second kappa shape index (κ2) is 5.69. The Morgan fingerprint density at radius 3 is 2.71 bits per heavy atom. The maximum atomic E-state index is 12.4. The Morgan fingerprint density at radius 2 is 2.10 bits per heavy atom. The van der Waals surface area contributed by atoms with E-state index >= 15 is 0 Å². The van der Waals surface area contributed by atoms with Crippen LogP contribution in [0.4, 0.5) is 0 Å². The van der Waals surface area contributed by atoms with Gasteiger partial charge in [0.2, 0.25) is 6.41 Å². The van der Waals surface area contributed by atoms with Crippen LogP contribution in [-0.2, 0) is 4.79 Å². The minimum absolute atomic E-state index is 0.140. The molecule has 7 heteroatoms. The van der Waals surface area contributed by atoms with Gasteiger partial charge in [0.05, 0.1) is 5.01 Å². The zero-order chi connectivity index (χ0) is 14.8. The van der Waals surface area contributed by atoms with E-state index in [1.54, 1.807) is 33.3 Å². The van der Waals surface area contributed by atoms with Gasteiger partial charge in [-0.3, -0.25) is 9.59 Å². The van der Waals surface area contributed by atoms with E-state index in [2.05, 4.69) is 4.98 Å². The number of rotatable bonds is 3. The molecular formula is C14H15N3O3S. The van der Waals surface area contributed by atoms with Gasteiger partial charge in [-0.05, 0) is 19.1 Å². The van der Waals surface area contributed by atoms with Crippen molar-refractivity contribution < 1.29 is 14.0 Å². The van der Waals surface area contributed by atoms with E-state index in [-0.39, 0.29) is 5.91 Å². The van der Waals surface area contributed by atoms with Crippen LogP contribution in [0.3, 0.4) is 0 Å². The van der Waals surface area contributed by atoms with Crippen molar-refractivity contribution in [3.8, 4) is 11.5 Å². The molecule has 0 saturated carbocycles. The highest BCUT2D eigenvalue weighted by Crippen LogP contribution is 2.24. The van der Waals surface area contributed by atoms with Crippen LogP contribution >= 0.6 is 11.3 Å². The summed E-state index contributed by atoms with van der Waals surface area (Å²) in [6.07, 6.45) is 0.817. The monoisotopic (exact) mass is 305 g/mol. The molecule has 21 heavy (non-hydrogen) atoms. The molecule has 2 amide bonds. The highest BCUT2D eigenvalue weighted by molar-refractivity contribution is 7.09. The Kier molecular flexibility index (Phi) is 3.74. The van der Waals surface area contributed by atoms with Crippen molar-refractivity contribution in [2.75, 3.05) is 26.2 Å². The Morgan fingerprint density at radius 1 is 1.33 bits per heavy atom. The fraction of sp³-hybridized carbons (Fsp3) is 0.357. The van der Waals surface area contributed by atoms with E-state index < -0.39 is 0 Å². The molecule has 1 fully saturated rings. The molecule has 2 aromatic rings. The van der Waals surface area contributed by atoms with Gasteiger partial charge >= 0.3 is 0 Å². The van der Waals surface area contributed by atoms with Crippen LogP contribution in [0.1, 0.15) is 15.6 Å². The van der Waals surface area contributed by atoms with Crippen molar-refractivity contribution in [3.05, 3.63) is 28.3 Å². The second-order valence-corrected chi connectivity index (χ2v) is 5.91. The third-order valence-electron chi connectivity index (χ3n) is 3.44. The predicted molar refractivity (Wildman–Crippen MR) is 78.1 cm³/mol. The molecule has 0 bridgehead atoms. The number of aryl methyl sites for hydroxylation is 1. The lowest BCUT2D eigenvalue weighted by Gasteiger charge is -2.31. The molecule has 0 radical (unpaired) electrons. The fourth-order valence-corrected chi connectivity index (χ4v) is 2.86. The van der Waals surface area contributed by atoms with E-state index in [9.17, 15) is 9.59 Å². The van der Waals surface area contributed by atoms with Crippen LogP contribution < -0.4 is 0 Å². The number of furan rings is 1. The Labute approximate surface area is 126 Å². The van der Waals surface area contributed by atoms with E-state index in [1.807, 2.05) is 12.3 Å². The van der Waals surface area contributed by atoms with Gasteiger partial charge < -0.3 is 14.2 Å². The maximum absolute atomic E-state index is 12.4. The molecule has 0 atom stereocenters. The summed E-state index contributed by atoms with van der Waals surface area (Å²) in [5, 5.41) is 2.87. The first kappa shape index (κ1) is 13.8. The number of amides is 2. The van der Waals surface area contributed by atoms with Crippen molar-refractivity contribution >= 4 is 23.7 Å². The molecule has 1 aliphatic heterocycles. The summed E-state index contributed by atoms with van der Waals surface area (Å²) in [7, 11) is 0. The SMILES string of the molecule is Cc1nc(-c2ccc(C(=O)N3CCN(C=O)CC3)o2)cs1. The quantitative estimate of drug-likeness (QED) is 0.808. The molecule has 3 rings (SSSR count). The van der Waals surface area contributed by atoms with Crippen molar-refractivity contribution in [2.24, 2.45) is 0 Å². The van der Waals surface area contributed by atoms with Gasteiger partial charge in [0.25, 0.3) is 5.91 Å². The fourth-order valence-electron chi connectivity index (χ4n) is 2.25. The normalized spacial score (nSPS) is 15.3. The largest absolute Gasteiger partial charge is 0.449 e. The smallest absolute Gasteiger partial charge is 0.289 e. The molecule has 110 valence electrons. The molecule has 0 aliphatic carbocycles.